The van der Waals surface area contributed by atoms with Crippen molar-refractivity contribution in [1.29, 1.82) is 0 Å². The molecule has 1 amide bonds. The fourth-order valence-electron chi connectivity index (χ4n) is 3.32. The van der Waals surface area contributed by atoms with Crippen molar-refractivity contribution < 1.29 is 14.3 Å². The van der Waals surface area contributed by atoms with Crippen LogP contribution in [0.3, 0.4) is 0 Å². The Balaban J connectivity index is 1.46. The molecule has 0 fully saturated rings. The van der Waals surface area contributed by atoms with Gasteiger partial charge in [0.1, 0.15) is 13.2 Å². The highest BCUT2D eigenvalue weighted by Crippen LogP contribution is 2.33. The second-order valence-electron chi connectivity index (χ2n) is 7.01. The van der Waals surface area contributed by atoms with Gasteiger partial charge in [-0.15, -0.1) is 0 Å². The van der Waals surface area contributed by atoms with E-state index in [-0.39, 0.29) is 5.91 Å². The number of rotatable bonds is 4. The van der Waals surface area contributed by atoms with Crippen LogP contribution in [0.2, 0.25) is 0 Å². The van der Waals surface area contributed by atoms with Gasteiger partial charge in [-0.3, -0.25) is 4.79 Å². The third-order valence-electron chi connectivity index (χ3n) is 4.63. The summed E-state index contributed by atoms with van der Waals surface area (Å²) in [6, 6.07) is 9.62. The first-order valence-corrected chi connectivity index (χ1v) is 9.37. The van der Waals surface area contributed by atoms with Gasteiger partial charge >= 0.3 is 0 Å². The molecule has 2 heterocycles. The Morgan fingerprint density at radius 3 is 2.28 bits per heavy atom. The molecule has 2 aromatic carbocycles. The van der Waals surface area contributed by atoms with E-state index in [1.807, 2.05) is 51.1 Å². The Hall–Kier alpha value is -3.61. The van der Waals surface area contributed by atoms with Crippen molar-refractivity contribution in [2.24, 2.45) is 0 Å². The van der Waals surface area contributed by atoms with E-state index in [2.05, 4.69) is 20.6 Å². The van der Waals surface area contributed by atoms with Crippen molar-refractivity contribution in [1.82, 2.24) is 9.97 Å². The van der Waals surface area contributed by atoms with Crippen molar-refractivity contribution in [3.05, 3.63) is 65.0 Å². The first-order chi connectivity index (χ1) is 14.0. The van der Waals surface area contributed by atoms with Crippen LogP contribution in [0.4, 0.5) is 17.3 Å². The lowest BCUT2D eigenvalue weighted by Gasteiger charge is -2.19. The molecule has 0 saturated heterocycles. The number of ether oxygens (including phenoxy) is 2. The second kappa shape index (κ2) is 7.79. The van der Waals surface area contributed by atoms with Crippen LogP contribution in [0.5, 0.6) is 11.5 Å². The number of nitrogens with zero attached hydrogens (tertiary/aromatic N) is 2. The lowest BCUT2D eigenvalue weighted by molar-refractivity contribution is 0.102. The third kappa shape index (κ3) is 4.13. The number of anilines is 3. The summed E-state index contributed by atoms with van der Waals surface area (Å²) in [5.41, 5.74) is 5.19. The number of nitrogens with one attached hydrogen (secondary N) is 2. The summed E-state index contributed by atoms with van der Waals surface area (Å²) in [5.74, 6) is 1.55. The first-order valence-electron chi connectivity index (χ1n) is 9.37. The Kier molecular flexibility index (Phi) is 5.03. The molecule has 29 heavy (non-hydrogen) atoms. The number of hydrogen-bond acceptors (Lipinski definition) is 6. The standard InChI is InChI=1S/C22H22N4O3/c1-13-8-14(2)20(15(3)9-13)26-21(27)16-11-23-22(24-12-16)25-17-4-5-18-19(10-17)29-7-6-28-18/h4-5,8-12H,6-7H2,1-3H3,(H,26,27)(H,23,24,25). The topological polar surface area (TPSA) is 85.4 Å². The third-order valence-corrected chi connectivity index (χ3v) is 4.63. The molecule has 0 spiro atoms. The van der Waals surface area contributed by atoms with Crippen LogP contribution in [0.25, 0.3) is 0 Å². The van der Waals surface area contributed by atoms with Crippen LogP contribution in [-0.2, 0) is 0 Å². The quantitative estimate of drug-likeness (QED) is 0.695. The maximum absolute atomic E-state index is 12.6. The number of hydrogen-bond donors (Lipinski definition) is 2. The minimum atomic E-state index is -0.245. The van der Waals surface area contributed by atoms with Gasteiger partial charge in [-0.05, 0) is 44.0 Å². The monoisotopic (exact) mass is 390 g/mol. The van der Waals surface area contributed by atoms with Crippen molar-refractivity contribution in [2.45, 2.75) is 20.8 Å². The van der Waals surface area contributed by atoms with E-state index in [0.717, 1.165) is 33.8 Å². The van der Waals surface area contributed by atoms with Gasteiger partial charge in [0.25, 0.3) is 5.91 Å². The van der Waals surface area contributed by atoms with Gasteiger partial charge in [-0.1, -0.05) is 17.7 Å². The molecule has 1 aliphatic rings. The summed E-state index contributed by atoms with van der Waals surface area (Å²) in [7, 11) is 0. The molecule has 1 aromatic heterocycles. The second-order valence-corrected chi connectivity index (χ2v) is 7.01. The number of benzene rings is 2. The van der Waals surface area contributed by atoms with E-state index in [9.17, 15) is 4.79 Å². The normalized spacial score (nSPS) is 12.4. The lowest BCUT2D eigenvalue weighted by Crippen LogP contribution is -2.15. The van der Waals surface area contributed by atoms with E-state index in [0.29, 0.717) is 30.5 Å². The zero-order chi connectivity index (χ0) is 20.4. The summed E-state index contributed by atoms with van der Waals surface area (Å²) in [6.45, 7) is 7.07. The van der Waals surface area contributed by atoms with Crippen LogP contribution >= 0.6 is 0 Å². The number of aromatic nitrogens is 2. The van der Waals surface area contributed by atoms with Crippen molar-refractivity contribution in [2.75, 3.05) is 23.8 Å². The highest BCUT2D eigenvalue weighted by Gasteiger charge is 2.14. The number of carbonyl (C=O) groups excluding carboxylic acids is 1. The lowest BCUT2D eigenvalue weighted by atomic mass is 10.0. The van der Waals surface area contributed by atoms with Gasteiger partial charge in [0, 0.05) is 29.8 Å². The van der Waals surface area contributed by atoms with Crippen molar-refractivity contribution in [3.63, 3.8) is 0 Å². The Morgan fingerprint density at radius 2 is 1.59 bits per heavy atom. The van der Waals surface area contributed by atoms with Crippen LogP contribution in [-0.4, -0.2) is 29.1 Å². The van der Waals surface area contributed by atoms with Crippen LogP contribution < -0.4 is 20.1 Å². The Labute approximate surface area is 169 Å². The van der Waals surface area contributed by atoms with Gasteiger partial charge in [-0.25, -0.2) is 9.97 Å². The van der Waals surface area contributed by atoms with Gasteiger partial charge in [0.05, 0.1) is 5.56 Å². The molecule has 0 atom stereocenters. The van der Waals surface area contributed by atoms with E-state index < -0.39 is 0 Å². The van der Waals surface area contributed by atoms with E-state index in [1.54, 1.807) is 0 Å². The molecule has 3 aromatic rings. The summed E-state index contributed by atoms with van der Waals surface area (Å²) in [6.07, 6.45) is 3.00. The van der Waals surface area contributed by atoms with Crippen LogP contribution in [0.1, 0.15) is 27.0 Å². The van der Waals surface area contributed by atoms with Crippen molar-refractivity contribution in [3.8, 4) is 11.5 Å². The number of aryl methyl sites for hydroxylation is 3. The first kappa shape index (κ1) is 18.7. The largest absolute Gasteiger partial charge is 0.486 e. The van der Waals surface area contributed by atoms with Crippen LogP contribution in [0.15, 0.2) is 42.7 Å². The average Bonchev–Trinajstić information content (AvgIpc) is 2.71. The molecule has 0 unspecified atom stereocenters. The number of fused-ring (bicyclic) bond motifs is 1. The minimum absolute atomic E-state index is 0.245. The summed E-state index contributed by atoms with van der Waals surface area (Å²) in [5, 5.41) is 6.06. The van der Waals surface area contributed by atoms with E-state index in [4.69, 9.17) is 9.47 Å². The summed E-state index contributed by atoms with van der Waals surface area (Å²) < 4.78 is 11.1. The van der Waals surface area contributed by atoms with E-state index >= 15 is 0 Å². The zero-order valence-corrected chi connectivity index (χ0v) is 16.6. The number of amides is 1. The molecule has 0 bridgehead atoms. The molecule has 0 saturated carbocycles. The predicted molar refractivity (Wildman–Crippen MR) is 111 cm³/mol. The molecule has 0 aliphatic carbocycles. The summed E-state index contributed by atoms with van der Waals surface area (Å²) in [4.78, 5) is 21.1. The minimum Gasteiger partial charge on any atom is -0.486 e. The highest BCUT2D eigenvalue weighted by atomic mass is 16.6. The predicted octanol–water partition coefficient (Wildman–Crippen LogP) is 4.17. The van der Waals surface area contributed by atoms with Gasteiger partial charge in [-0.2, -0.15) is 0 Å². The molecule has 4 rings (SSSR count). The molecule has 0 radical (unpaired) electrons. The van der Waals surface area contributed by atoms with Crippen molar-refractivity contribution >= 4 is 23.2 Å². The molecular weight excluding hydrogens is 368 g/mol. The smallest absolute Gasteiger partial charge is 0.258 e. The fraction of sp³-hybridized carbons (Fsp3) is 0.227. The molecule has 7 heteroatoms. The SMILES string of the molecule is Cc1cc(C)c(NC(=O)c2cnc(Nc3ccc4c(c3)OCCO4)nc2)c(C)c1. The summed E-state index contributed by atoms with van der Waals surface area (Å²) >= 11 is 0. The molecule has 1 aliphatic heterocycles. The molecule has 148 valence electrons. The Bertz CT molecular complexity index is 1040. The van der Waals surface area contributed by atoms with Gasteiger partial charge in [0.2, 0.25) is 5.95 Å². The Morgan fingerprint density at radius 1 is 0.931 bits per heavy atom. The maximum Gasteiger partial charge on any atom is 0.258 e. The zero-order valence-electron chi connectivity index (χ0n) is 16.6. The number of carbonyl (C=O) groups is 1. The van der Waals surface area contributed by atoms with Gasteiger partial charge in [0.15, 0.2) is 11.5 Å². The maximum atomic E-state index is 12.6. The average molecular weight is 390 g/mol. The molecule has 2 N–H and O–H groups in total. The van der Waals surface area contributed by atoms with Gasteiger partial charge < -0.3 is 20.1 Å². The molecule has 7 nitrogen and oxygen atoms in total. The highest BCUT2D eigenvalue weighted by molar-refractivity contribution is 6.04. The fourth-order valence-corrected chi connectivity index (χ4v) is 3.32. The van der Waals surface area contributed by atoms with Crippen LogP contribution in [0, 0.1) is 20.8 Å². The van der Waals surface area contributed by atoms with E-state index in [1.165, 1.54) is 12.4 Å². The molecular formula is C22H22N4O3.